The van der Waals surface area contributed by atoms with Crippen molar-refractivity contribution < 1.29 is 9.90 Å². The second kappa shape index (κ2) is 20.3. The Morgan fingerprint density at radius 1 is 0.625 bits per heavy atom. The van der Waals surface area contributed by atoms with Gasteiger partial charge in [-0.15, -0.1) is 0 Å². The van der Waals surface area contributed by atoms with Crippen LogP contribution < -0.4 is 0 Å². The van der Waals surface area contributed by atoms with E-state index < -0.39 is 5.97 Å². The zero-order valence-corrected chi connectivity index (χ0v) is 16.2. The van der Waals surface area contributed by atoms with Gasteiger partial charge in [-0.05, 0) is 32.1 Å². The average molecular weight is 341 g/mol. The topological polar surface area (TPSA) is 37.3 Å². The van der Waals surface area contributed by atoms with Crippen molar-refractivity contribution in [3.05, 3.63) is 12.2 Å². The van der Waals surface area contributed by atoms with Crippen LogP contribution in [0.25, 0.3) is 0 Å². The first-order valence-corrected chi connectivity index (χ1v) is 10.6. The zero-order chi connectivity index (χ0) is 17.7. The number of unbranched alkanes of at least 4 members (excludes halogenated alkanes) is 15. The van der Waals surface area contributed by atoms with Crippen molar-refractivity contribution in [2.24, 2.45) is 0 Å². The van der Waals surface area contributed by atoms with Crippen LogP contribution in [0, 0.1) is 0 Å². The van der Waals surface area contributed by atoms with Gasteiger partial charge in [0.2, 0.25) is 0 Å². The summed E-state index contributed by atoms with van der Waals surface area (Å²) in [7, 11) is 0. The number of carboxylic acids is 1. The molecule has 0 amide bonds. The van der Waals surface area contributed by atoms with E-state index in [4.69, 9.17) is 5.11 Å². The van der Waals surface area contributed by atoms with Crippen LogP contribution in [0.5, 0.6) is 0 Å². The Bertz CT molecular complexity index is 284. The first kappa shape index (κ1) is 23.2. The number of hydrogen-bond acceptors (Lipinski definition) is 1. The Morgan fingerprint density at radius 3 is 1.42 bits per heavy atom. The Labute approximate surface area is 151 Å². The molecule has 1 N–H and O–H groups in total. The summed E-state index contributed by atoms with van der Waals surface area (Å²) < 4.78 is 0. The first-order chi connectivity index (χ1) is 11.8. The monoisotopic (exact) mass is 340 g/mol. The van der Waals surface area contributed by atoms with Gasteiger partial charge in [0.1, 0.15) is 0 Å². The highest BCUT2D eigenvalue weighted by Gasteiger charge is 1.96. The lowest BCUT2D eigenvalue weighted by Crippen LogP contribution is -1.93. The summed E-state index contributed by atoms with van der Waals surface area (Å²) in [5.41, 5.74) is 0. The van der Waals surface area contributed by atoms with Gasteiger partial charge in [-0.1, -0.05) is 96.1 Å². The highest BCUT2D eigenvalue weighted by Crippen LogP contribution is 2.12. The fraction of sp³-hybridized carbons (Fsp3) is 0.864. The number of hydrogen-bond donors (Lipinski definition) is 1. The largest absolute Gasteiger partial charge is 0.481 e. The maximum atomic E-state index is 10.4. The van der Waals surface area contributed by atoms with Crippen LogP contribution in [0.3, 0.4) is 0 Å². The van der Waals surface area contributed by atoms with Gasteiger partial charge < -0.3 is 5.11 Å². The van der Waals surface area contributed by atoms with Crippen molar-refractivity contribution in [1.82, 2.24) is 0 Å². The fourth-order valence-electron chi connectivity index (χ4n) is 3.05. The van der Waals surface area contributed by atoms with Crippen LogP contribution in [0.2, 0.25) is 0 Å². The van der Waals surface area contributed by atoms with Gasteiger partial charge in [-0.25, -0.2) is 0 Å². The fourth-order valence-corrected chi connectivity index (χ4v) is 3.05. The van der Waals surface area contributed by atoms with Crippen LogP contribution in [0.15, 0.2) is 12.2 Å². The number of rotatable bonds is 19. The van der Waals surface area contributed by atoms with Crippen LogP contribution in [0.4, 0.5) is 0 Å². The number of carbonyl (C=O) groups is 1. The predicted octanol–water partition coefficient (Wildman–Crippen LogP) is 7.67. The van der Waals surface area contributed by atoms with E-state index in [9.17, 15) is 4.79 Å². The van der Waals surface area contributed by atoms with E-state index in [1.54, 1.807) is 0 Å². The SMILES string of the molecule is CCCCCCCC/C=C\CCCCCCCCCCC[14C](=O)O. The van der Waals surface area contributed by atoms with Crippen LogP contribution in [-0.2, 0) is 4.79 Å². The molecule has 0 rings (SSSR count). The molecule has 0 fully saturated rings. The van der Waals surface area contributed by atoms with Crippen molar-refractivity contribution in [3.8, 4) is 0 Å². The molecule has 2 heteroatoms. The minimum absolute atomic E-state index is 0.340. The van der Waals surface area contributed by atoms with E-state index in [2.05, 4.69) is 19.1 Å². The van der Waals surface area contributed by atoms with Gasteiger partial charge in [0.05, 0.1) is 0 Å². The lowest BCUT2D eigenvalue weighted by molar-refractivity contribution is -0.137. The molecule has 0 aliphatic heterocycles. The van der Waals surface area contributed by atoms with E-state index in [0.29, 0.717) is 6.42 Å². The zero-order valence-electron chi connectivity index (χ0n) is 16.2. The van der Waals surface area contributed by atoms with E-state index in [-0.39, 0.29) is 0 Å². The molecule has 0 saturated heterocycles. The smallest absolute Gasteiger partial charge is 0.303 e. The average Bonchev–Trinajstić information content (AvgIpc) is 2.56. The Morgan fingerprint density at radius 2 is 1.00 bits per heavy atom. The normalized spacial score (nSPS) is 11.4. The van der Waals surface area contributed by atoms with Crippen molar-refractivity contribution >= 4 is 5.97 Å². The molecule has 24 heavy (non-hydrogen) atoms. The third kappa shape index (κ3) is 21.2. The summed E-state index contributed by atoms with van der Waals surface area (Å²) in [4.78, 5) is 10.4. The molecule has 0 radical (unpaired) electrons. The molecule has 0 atom stereocenters. The van der Waals surface area contributed by atoms with Gasteiger partial charge in [0.25, 0.3) is 0 Å². The van der Waals surface area contributed by atoms with E-state index in [1.807, 2.05) is 0 Å². The third-order valence-corrected chi connectivity index (χ3v) is 4.65. The lowest BCUT2D eigenvalue weighted by atomic mass is 10.1. The van der Waals surface area contributed by atoms with Crippen LogP contribution in [-0.4, -0.2) is 11.1 Å². The number of aliphatic carboxylic acids is 1. The predicted molar refractivity (Wildman–Crippen MR) is 106 cm³/mol. The van der Waals surface area contributed by atoms with E-state index in [0.717, 1.165) is 12.8 Å². The standard InChI is InChI=1S/C22H42O2/c1-2-3-4-5-6-7-8-9-10-11-12-13-14-15-16-17-18-19-20-21-22(23)24/h9-10H,2-8,11-21H2,1H3,(H,23,24)/b10-9-/i22+2. The molecule has 0 aromatic rings. The lowest BCUT2D eigenvalue weighted by Gasteiger charge is -2.01. The summed E-state index contributed by atoms with van der Waals surface area (Å²) in [6.45, 7) is 2.27. The molecule has 0 bridgehead atoms. The Kier molecular flexibility index (Phi) is 19.6. The molecule has 0 aliphatic rings. The van der Waals surface area contributed by atoms with Gasteiger partial charge in [0, 0.05) is 6.42 Å². The molecular weight excluding hydrogens is 298 g/mol. The molecule has 0 aromatic heterocycles. The van der Waals surface area contributed by atoms with E-state index in [1.165, 1.54) is 96.3 Å². The van der Waals surface area contributed by atoms with Crippen LogP contribution >= 0.6 is 0 Å². The number of allylic oxidation sites excluding steroid dienone is 2. The second-order valence-electron chi connectivity index (χ2n) is 7.14. The highest BCUT2D eigenvalue weighted by atomic mass is 16.6. The van der Waals surface area contributed by atoms with Gasteiger partial charge in [0.15, 0.2) is 0 Å². The maximum absolute atomic E-state index is 10.4. The second-order valence-corrected chi connectivity index (χ2v) is 7.14. The van der Waals surface area contributed by atoms with E-state index >= 15 is 0 Å². The molecule has 0 aliphatic carbocycles. The Balaban J connectivity index is 3.06. The molecular formula is C22H42O2. The van der Waals surface area contributed by atoms with Crippen molar-refractivity contribution in [1.29, 1.82) is 0 Å². The van der Waals surface area contributed by atoms with Gasteiger partial charge in [-0.3, -0.25) is 4.79 Å². The minimum Gasteiger partial charge on any atom is -0.481 e. The molecule has 0 heterocycles. The summed E-state index contributed by atoms with van der Waals surface area (Å²) in [5.74, 6) is -0.656. The highest BCUT2D eigenvalue weighted by molar-refractivity contribution is 5.66. The summed E-state index contributed by atoms with van der Waals surface area (Å²) in [5, 5.41) is 8.55. The Hall–Kier alpha value is -0.790. The van der Waals surface area contributed by atoms with Crippen molar-refractivity contribution in [2.75, 3.05) is 0 Å². The molecule has 0 saturated carbocycles. The minimum atomic E-state index is -0.656. The summed E-state index contributed by atoms with van der Waals surface area (Å²) in [6, 6.07) is 0. The maximum Gasteiger partial charge on any atom is 0.303 e. The van der Waals surface area contributed by atoms with Gasteiger partial charge >= 0.3 is 5.97 Å². The number of carboxylic acid groups (broad SMARTS) is 1. The summed E-state index contributed by atoms with van der Waals surface area (Å²) in [6.07, 6.45) is 27.1. The molecule has 0 spiro atoms. The molecule has 0 aromatic carbocycles. The molecule has 0 unspecified atom stereocenters. The summed E-state index contributed by atoms with van der Waals surface area (Å²) >= 11 is 0. The molecule has 142 valence electrons. The molecule has 2 nitrogen and oxygen atoms in total. The quantitative estimate of drug-likeness (QED) is 0.193. The third-order valence-electron chi connectivity index (χ3n) is 4.65. The van der Waals surface area contributed by atoms with Crippen LogP contribution in [0.1, 0.15) is 122 Å². The van der Waals surface area contributed by atoms with Gasteiger partial charge in [-0.2, -0.15) is 0 Å². The van der Waals surface area contributed by atoms with Crippen molar-refractivity contribution in [2.45, 2.75) is 122 Å². The first-order valence-electron chi connectivity index (χ1n) is 10.6. The van der Waals surface area contributed by atoms with Crippen molar-refractivity contribution in [3.63, 3.8) is 0 Å².